The number of amides is 1. The van der Waals surface area contributed by atoms with Gasteiger partial charge in [0.25, 0.3) is 0 Å². The predicted molar refractivity (Wildman–Crippen MR) is 67.6 cm³/mol. The van der Waals surface area contributed by atoms with E-state index in [0.717, 1.165) is 23.1 Å². The van der Waals surface area contributed by atoms with E-state index in [1.807, 2.05) is 24.3 Å². The average Bonchev–Trinajstić information content (AvgIpc) is 2.97. The molecule has 2 saturated carbocycles. The molecule has 1 amide bonds. The number of fused-ring (bicyclic) bond motifs is 1. The third-order valence-corrected chi connectivity index (χ3v) is 4.07. The fourth-order valence-corrected chi connectivity index (χ4v) is 3.09. The molecule has 1 aromatic carbocycles. The Balaban J connectivity index is 1.74. The van der Waals surface area contributed by atoms with Gasteiger partial charge in [-0.3, -0.25) is 4.79 Å². The molecular weight excluding hydrogens is 212 g/mol. The summed E-state index contributed by atoms with van der Waals surface area (Å²) in [6.07, 6.45) is 4.33. The molecule has 0 aromatic heterocycles. The maximum atomic E-state index is 11.0. The molecule has 3 nitrogen and oxygen atoms in total. The number of carbonyl (C=O) groups excluding carboxylic acids is 1. The molecule has 3 heteroatoms. The van der Waals surface area contributed by atoms with Gasteiger partial charge in [-0.25, -0.2) is 0 Å². The number of hydrogen-bond donors (Lipinski definition) is 2. The average molecular weight is 230 g/mol. The highest BCUT2D eigenvalue weighted by Gasteiger charge is 2.47. The lowest BCUT2D eigenvalue weighted by atomic mass is 10.1. The van der Waals surface area contributed by atoms with Gasteiger partial charge in [-0.1, -0.05) is 18.2 Å². The van der Waals surface area contributed by atoms with Crippen LogP contribution in [0.15, 0.2) is 24.3 Å². The number of nitrogens with one attached hydrogen (secondary N) is 1. The molecule has 2 aliphatic carbocycles. The van der Waals surface area contributed by atoms with Crippen molar-refractivity contribution in [3.05, 3.63) is 29.8 Å². The number of primary amides is 1. The molecule has 3 rings (SSSR count). The lowest BCUT2D eigenvalue weighted by Gasteiger charge is -2.18. The van der Waals surface area contributed by atoms with E-state index in [0.29, 0.717) is 12.5 Å². The summed E-state index contributed by atoms with van der Waals surface area (Å²) >= 11 is 0. The third kappa shape index (κ3) is 2.14. The van der Waals surface area contributed by atoms with Crippen molar-refractivity contribution in [2.24, 2.45) is 17.6 Å². The maximum Gasteiger partial charge on any atom is 0.221 e. The zero-order chi connectivity index (χ0) is 11.8. The van der Waals surface area contributed by atoms with Crippen molar-refractivity contribution >= 4 is 11.6 Å². The van der Waals surface area contributed by atoms with Crippen LogP contribution >= 0.6 is 0 Å². The highest BCUT2D eigenvalue weighted by Crippen LogP contribution is 2.52. The van der Waals surface area contributed by atoms with Gasteiger partial charge in [-0.15, -0.1) is 0 Å². The van der Waals surface area contributed by atoms with Gasteiger partial charge in [0.1, 0.15) is 0 Å². The first kappa shape index (κ1) is 10.6. The Labute approximate surface area is 101 Å². The number of rotatable bonds is 4. The summed E-state index contributed by atoms with van der Waals surface area (Å²) in [6, 6.07) is 8.60. The van der Waals surface area contributed by atoms with Gasteiger partial charge in [-0.2, -0.15) is 0 Å². The van der Waals surface area contributed by atoms with Crippen LogP contribution in [0.5, 0.6) is 0 Å². The molecule has 0 radical (unpaired) electrons. The van der Waals surface area contributed by atoms with E-state index in [-0.39, 0.29) is 5.91 Å². The molecule has 2 aliphatic rings. The standard InChI is InChI=1S/C14H18N2O/c15-14(17)8-10-3-1-2-4-12(10)16-13-6-5-9-7-11(9)13/h1-4,9,11,13,16H,5-8H2,(H2,15,17)/t9-,11+,13?/m0/s1. The van der Waals surface area contributed by atoms with Crippen molar-refractivity contribution in [3.8, 4) is 0 Å². The van der Waals surface area contributed by atoms with Crippen molar-refractivity contribution in [2.75, 3.05) is 5.32 Å². The molecule has 1 unspecified atom stereocenters. The van der Waals surface area contributed by atoms with E-state index in [1.54, 1.807) is 0 Å². The van der Waals surface area contributed by atoms with E-state index in [9.17, 15) is 4.79 Å². The topological polar surface area (TPSA) is 55.1 Å². The molecule has 0 bridgehead atoms. The Kier molecular flexibility index (Phi) is 2.54. The highest BCUT2D eigenvalue weighted by molar-refractivity contribution is 5.78. The molecule has 90 valence electrons. The van der Waals surface area contributed by atoms with Crippen LogP contribution < -0.4 is 11.1 Å². The fourth-order valence-electron chi connectivity index (χ4n) is 3.09. The number of hydrogen-bond acceptors (Lipinski definition) is 2. The Bertz CT molecular complexity index is 444. The van der Waals surface area contributed by atoms with Gasteiger partial charge < -0.3 is 11.1 Å². The van der Waals surface area contributed by atoms with Crippen molar-refractivity contribution < 1.29 is 4.79 Å². The highest BCUT2D eigenvalue weighted by atomic mass is 16.1. The van der Waals surface area contributed by atoms with Crippen LogP contribution in [-0.2, 0) is 11.2 Å². The molecule has 17 heavy (non-hydrogen) atoms. The van der Waals surface area contributed by atoms with E-state index >= 15 is 0 Å². The second-order valence-corrected chi connectivity index (χ2v) is 5.29. The van der Waals surface area contributed by atoms with Crippen LogP contribution in [0.1, 0.15) is 24.8 Å². The minimum Gasteiger partial charge on any atom is -0.382 e. The van der Waals surface area contributed by atoms with E-state index in [4.69, 9.17) is 5.73 Å². The normalized spacial score (nSPS) is 29.8. The zero-order valence-electron chi connectivity index (χ0n) is 9.86. The fraction of sp³-hybridized carbons (Fsp3) is 0.500. The first-order valence-corrected chi connectivity index (χ1v) is 6.37. The monoisotopic (exact) mass is 230 g/mol. The van der Waals surface area contributed by atoms with Gasteiger partial charge in [0.05, 0.1) is 6.42 Å². The molecule has 3 N–H and O–H groups in total. The molecular formula is C14H18N2O. The Morgan fingerprint density at radius 3 is 2.82 bits per heavy atom. The van der Waals surface area contributed by atoms with Crippen LogP contribution in [0.3, 0.4) is 0 Å². The van der Waals surface area contributed by atoms with Crippen LogP contribution in [0.25, 0.3) is 0 Å². The van der Waals surface area contributed by atoms with Crippen molar-refractivity contribution in [1.29, 1.82) is 0 Å². The second kappa shape index (κ2) is 4.06. The summed E-state index contributed by atoms with van der Waals surface area (Å²) in [5.74, 6) is 1.57. The van der Waals surface area contributed by atoms with Crippen LogP contribution in [0.4, 0.5) is 5.69 Å². The summed E-state index contributed by atoms with van der Waals surface area (Å²) in [7, 11) is 0. The van der Waals surface area contributed by atoms with Gasteiger partial charge in [-0.05, 0) is 42.7 Å². The van der Waals surface area contributed by atoms with E-state index < -0.39 is 0 Å². The quantitative estimate of drug-likeness (QED) is 0.830. The predicted octanol–water partition coefficient (Wildman–Crippen LogP) is 1.92. The Hall–Kier alpha value is -1.51. The summed E-state index contributed by atoms with van der Waals surface area (Å²) in [6.45, 7) is 0. The third-order valence-electron chi connectivity index (χ3n) is 4.07. The second-order valence-electron chi connectivity index (χ2n) is 5.29. The first-order valence-electron chi connectivity index (χ1n) is 6.37. The van der Waals surface area contributed by atoms with Gasteiger partial charge in [0.2, 0.25) is 5.91 Å². The minimum absolute atomic E-state index is 0.269. The molecule has 3 atom stereocenters. The van der Waals surface area contributed by atoms with E-state index in [1.165, 1.54) is 19.3 Å². The largest absolute Gasteiger partial charge is 0.382 e. The van der Waals surface area contributed by atoms with Crippen molar-refractivity contribution in [1.82, 2.24) is 0 Å². The molecule has 2 fully saturated rings. The minimum atomic E-state index is -0.269. The number of nitrogens with two attached hydrogens (primary N) is 1. The molecule has 0 aliphatic heterocycles. The van der Waals surface area contributed by atoms with Crippen LogP contribution in [0, 0.1) is 11.8 Å². The van der Waals surface area contributed by atoms with Gasteiger partial charge in [0, 0.05) is 11.7 Å². The summed E-state index contributed by atoms with van der Waals surface area (Å²) in [4.78, 5) is 11.0. The van der Waals surface area contributed by atoms with Crippen LogP contribution in [-0.4, -0.2) is 11.9 Å². The number of para-hydroxylation sites is 1. The van der Waals surface area contributed by atoms with Gasteiger partial charge >= 0.3 is 0 Å². The molecule has 0 spiro atoms. The molecule has 0 heterocycles. The lowest BCUT2D eigenvalue weighted by molar-refractivity contribution is -0.117. The number of carbonyl (C=O) groups is 1. The van der Waals surface area contributed by atoms with E-state index in [2.05, 4.69) is 5.32 Å². The van der Waals surface area contributed by atoms with Crippen LogP contribution in [0.2, 0.25) is 0 Å². The molecule has 0 saturated heterocycles. The van der Waals surface area contributed by atoms with Gasteiger partial charge in [0.15, 0.2) is 0 Å². The Morgan fingerprint density at radius 1 is 1.35 bits per heavy atom. The lowest BCUT2D eigenvalue weighted by Crippen LogP contribution is -2.21. The smallest absolute Gasteiger partial charge is 0.221 e. The summed E-state index contributed by atoms with van der Waals surface area (Å²) < 4.78 is 0. The SMILES string of the molecule is NC(=O)Cc1ccccc1NC1CC[C@H]2C[C@@H]12. The Morgan fingerprint density at radius 2 is 2.18 bits per heavy atom. The summed E-state index contributed by atoms with van der Waals surface area (Å²) in [5, 5.41) is 3.60. The number of anilines is 1. The maximum absolute atomic E-state index is 11.0. The summed E-state index contributed by atoms with van der Waals surface area (Å²) in [5.41, 5.74) is 7.37. The molecule has 1 aromatic rings. The van der Waals surface area contributed by atoms with Crippen molar-refractivity contribution in [3.63, 3.8) is 0 Å². The zero-order valence-corrected chi connectivity index (χ0v) is 9.86. The van der Waals surface area contributed by atoms with Crippen molar-refractivity contribution in [2.45, 2.75) is 31.7 Å². The first-order chi connectivity index (χ1) is 8.24. The number of benzene rings is 1.